The zero-order valence-corrected chi connectivity index (χ0v) is 12.4. The van der Waals surface area contributed by atoms with Crippen LogP contribution < -0.4 is 0 Å². The molecule has 1 saturated heterocycles. The van der Waals surface area contributed by atoms with Crippen LogP contribution in [0.4, 0.5) is 0 Å². The fraction of sp³-hybridized carbons (Fsp3) is 0.600. The molecular formula is C15H20N2O2S. The SMILES string of the molecule is O=C(CN1CCN(C(=O)C2CCC2)CC1)c1cccs1. The molecular weight excluding hydrogens is 272 g/mol. The fourth-order valence-electron chi connectivity index (χ4n) is 2.76. The average molecular weight is 292 g/mol. The maximum Gasteiger partial charge on any atom is 0.225 e. The summed E-state index contributed by atoms with van der Waals surface area (Å²) in [4.78, 5) is 29.2. The van der Waals surface area contributed by atoms with Gasteiger partial charge in [-0.2, -0.15) is 0 Å². The van der Waals surface area contributed by atoms with Crippen molar-refractivity contribution >= 4 is 23.0 Å². The third-order valence-electron chi connectivity index (χ3n) is 4.30. The Morgan fingerprint density at radius 3 is 2.50 bits per heavy atom. The lowest BCUT2D eigenvalue weighted by Gasteiger charge is -2.37. The number of ketones is 1. The Hall–Kier alpha value is -1.20. The molecule has 5 heteroatoms. The van der Waals surface area contributed by atoms with Crippen molar-refractivity contribution < 1.29 is 9.59 Å². The molecule has 1 aliphatic carbocycles. The van der Waals surface area contributed by atoms with Crippen molar-refractivity contribution in [2.45, 2.75) is 19.3 Å². The van der Waals surface area contributed by atoms with E-state index in [1.54, 1.807) is 0 Å². The van der Waals surface area contributed by atoms with Gasteiger partial charge in [-0.25, -0.2) is 0 Å². The van der Waals surface area contributed by atoms with Gasteiger partial charge in [0, 0.05) is 32.1 Å². The lowest BCUT2D eigenvalue weighted by Crippen LogP contribution is -2.52. The molecule has 1 amide bonds. The van der Waals surface area contributed by atoms with Crippen LogP contribution in [0.15, 0.2) is 17.5 Å². The summed E-state index contributed by atoms with van der Waals surface area (Å²) in [6.45, 7) is 3.65. The molecule has 1 aromatic heterocycles. The van der Waals surface area contributed by atoms with Gasteiger partial charge in [-0.15, -0.1) is 11.3 Å². The predicted octanol–water partition coefficient (Wildman–Crippen LogP) is 1.88. The zero-order chi connectivity index (χ0) is 13.9. The molecule has 1 aliphatic heterocycles. The van der Waals surface area contributed by atoms with Gasteiger partial charge in [-0.05, 0) is 24.3 Å². The van der Waals surface area contributed by atoms with Crippen LogP contribution in [-0.4, -0.2) is 54.2 Å². The first-order chi connectivity index (χ1) is 9.74. The van der Waals surface area contributed by atoms with Gasteiger partial charge in [0.2, 0.25) is 5.91 Å². The third-order valence-corrected chi connectivity index (χ3v) is 5.21. The molecule has 0 bridgehead atoms. The van der Waals surface area contributed by atoms with E-state index in [4.69, 9.17) is 0 Å². The van der Waals surface area contributed by atoms with Crippen molar-refractivity contribution in [2.75, 3.05) is 32.7 Å². The first-order valence-electron chi connectivity index (χ1n) is 7.32. The number of hydrogen-bond acceptors (Lipinski definition) is 4. The van der Waals surface area contributed by atoms with Gasteiger partial charge >= 0.3 is 0 Å². The number of nitrogens with zero attached hydrogens (tertiary/aromatic N) is 2. The molecule has 20 heavy (non-hydrogen) atoms. The second kappa shape index (κ2) is 6.06. The van der Waals surface area contributed by atoms with Gasteiger partial charge in [0.05, 0.1) is 11.4 Å². The van der Waals surface area contributed by atoms with E-state index < -0.39 is 0 Å². The third kappa shape index (κ3) is 2.94. The van der Waals surface area contributed by atoms with Crippen LogP contribution in [0.3, 0.4) is 0 Å². The number of hydrogen-bond donors (Lipinski definition) is 0. The summed E-state index contributed by atoms with van der Waals surface area (Å²) in [5.74, 6) is 0.813. The van der Waals surface area contributed by atoms with E-state index in [0.29, 0.717) is 12.5 Å². The van der Waals surface area contributed by atoms with Crippen LogP contribution in [0.2, 0.25) is 0 Å². The normalized spacial score (nSPS) is 20.7. The Morgan fingerprint density at radius 1 is 1.20 bits per heavy atom. The van der Waals surface area contributed by atoms with Crippen LogP contribution in [0, 0.1) is 5.92 Å². The highest BCUT2D eigenvalue weighted by molar-refractivity contribution is 7.12. The minimum atomic E-state index is 0.193. The first-order valence-corrected chi connectivity index (χ1v) is 8.20. The highest BCUT2D eigenvalue weighted by Crippen LogP contribution is 2.28. The summed E-state index contributed by atoms with van der Waals surface area (Å²) >= 11 is 1.50. The smallest absolute Gasteiger partial charge is 0.225 e. The Bertz CT molecular complexity index is 474. The van der Waals surface area contributed by atoms with E-state index in [1.165, 1.54) is 17.8 Å². The van der Waals surface area contributed by atoms with Crippen LogP contribution in [0.5, 0.6) is 0 Å². The Morgan fingerprint density at radius 2 is 1.95 bits per heavy atom. The molecule has 108 valence electrons. The molecule has 2 heterocycles. The average Bonchev–Trinajstić information content (AvgIpc) is 2.91. The van der Waals surface area contributed by atoms with Crippen LogP contribution in [0.1, 0.15) is 28.9 Å². The van der Waals surface area contributed by atoms with Gasteiger partial charge in [0.15, 0.2) is 5.78 Å². The monoisotopic (exact) mass is 292 g/mol. The number of thiophene rings is 1. The van der Waals surface area contributed by atoms with E-state index in [1.807, 2.05) is 22.4 Å². The molecule has 0 aromatic carbocycles. The predicted molar refractivity (Wildman–Crippen MR) is 79.0 cm³/mol. The van der Waals surface area contributed by atoms with E-state index in [2.05, 4.69) is 4.90 Å². The van der Waals surface area contributed by atoms with Gasteiger partial charge < -0.3 is 4.90 Å². The lowest BCUT2D eigenvalue weighted by molar-refractivity contribution is -0.139. The molecule has 0 N–H and O–H groups in total. The van der Waals surface area contributed by atoms with Crippen LogP contribution in [-0.2, 0) is 4.79 Å². The molecule has 1 aromatic rings. The maximum absolute atomic E-state index is 12.1. The highest BCUT2D eigenvalue weighted by Gasteiger charge is 2.31. The zero-order valence-electron chi connectivity index (χ0n) is 11.6. The lowest BCUT2D eigenvalue weighted by atomic mass is 9.84. The molecule has 0 spiro atoms. The second-order valence-electron chi connectivity index (χ2n) is 5.63. The van der Waals surface area contributed by atoms with Crippen LogP contribution >= 0.6 is 11.3 Å². The van der Waals surface area contributed by atoms with Crippen molar-refractivity contribution in [1.29, 1.82) is 0 Å². The first kappa shape index (κ1) is 13.8. The summed E-state index contributed by atoms with van der Waals surface area (Å²) in [6.07, 6.45) is 3.33. The van der Waals surface area contributed by atoms with E-state index in [-0.39, 0.29) is 11.7 Å². The second-order valence-corrected chi connectivity index (χ2v) is 6.58. The number of Topliss-reactive ketones (excluding diaryl/α,β-unsaturated/α-hetero) is 1. The Kier molecular flexibility index (Phi) is 4.17. The van der Waals surface area contributed by atoms with E-state index >= 15 is 0 Å². The molecule has 0 radical (unpaired) electrons. The van der Waals surface area contributed by atoms with Gasteiger partial charge in [0.25, 0.3) is 0 Å². The minimum absolute atomic E-state index is 0.193. The maximum atomic E-state index is 12.1. The number of rotatable bonds is 4. The quantitative estimate of drug-likeness (QED) is 0.796. The summed E-state index contributed by atoms with van der Waals surface area (Å²) in [6, 6.07) is 3.79. The van der Waals surface area contributed by atoms with Gasteiger partial charge in [0.1, 0.15) is 0 Å². The fourth-order valence-corrected chi connectivity index (χ4v) is 3.41. The molecule has 0 unspecified atom stereocenters. The van der Waals surface area contributed by atoms with E-state index in [0.717, 1.165) is 43.9 Å². The Labute approximate surface area is 123 Å². The number of carbonyl (C=O) groups is 2. The van der Waals surface area contributed by atoms with Crippen molar-refractivity contribution in [3.05, 3.63) is 22.4 Å². The number of carbonyl (C=O) groups excluding carboxylic acids is 2. The van der Waals surface area contributed by atoms with Crippen molar-refractivity contribution in [3.63, 3.8) is 0 Å². The largest absolute Gasteiger partial charge is 0.340 e. The van der Waals surface area contributed by atoms with Gasteiger partial charge in [-0.1, -0.05) is 12.5 Å². The minimum Gasteiger partial charge on any atom is -0.340 e. The molecule has 4 nitrogen and oxygen atoms in total. The number of piperazine rings is 1. The van der Waals surface area contributed by atoms with Gasteiger partial charge in [-0.3, -0.25) is 14.5 Å². The molecule has 1 saturated carbocycles. The molecule has 2 fully saturated rings. The van der Waals surface area contributed by atoms with Crippen LogP contribution in [0.25, 0.3) is 0 Å². The summed E-state index contributed by atoms with van der Waals surface area (Å²) in [5.41, 5.74) is 0. The molecule has 3 rings (SSSR count). The van der Waals surface area contributed by atoms with E-state index in [9.17, 15) is 9.59 Å². The standard InChI is InChI=1S/C15H20N2O2S/c18-13(14-5-2-10-20-14)11-16-6-8-17(9-7-16)15(19)12-3-1-4-12/h2,5,10,12H,1,3-4,6-9,11H2. The summed E-state index contributed by atoms with van der Waals surface area (Å²) in [7, 11) is 0. The summed E-state index contributed by atoms with van der Waals surface area (Å²) < 4.78 is 0. The van der Waals surface area contributed by atoms with Crippen molar-refractivity contribution in [1.82, 2.24) is 9.80 Å². The molecule has 0 atom stereocenters. The Balaban J connectivity index is 1.46. The van der Waals surface area contributed by atoms with Crippen molar-refractivity contribution in [2.24, 2.45) is 5.92 Å². The summed E-state index contributed by atoms with van der Waals surface area (Å²) in [5, 5.41) is 1.93. The topological polar surface area (TPSA) is 40.6 Å². The van der Waals surface area contributed by atoms with Crippen molar-refractivity contribution in [3.8, 4) is 0 Å². The highest BCUT2D eigenvalue weighted by atomic mass is 32.1. The molecule has 2 aliphatic rings. The number of amides is 1.